The van der Waals surface area contributed by atoms with E-state index in [1.54, 1.807) is 0 Å². The van der Waals surface area contributed by atoms with Gasteiger partial charge in [0, 0.05) is 0 Å². The predicted molar refractivity (Wildman–Crippen MR) is 39.7 cm³/mol. The van der Waals surface area contributed by atoms with Crippen LogP contribution in [0, 0.1) is 0 Å². The first-order chi connectivity index (χ1) is 7.14. The monoisotopic (exact) mass is 246 g/mol. The number of rotatable bonds is 1. The van der Waals surface area contributed by atoms with Crippen LogP contribution in [0.2, 0.25) is 0 Å². The molecule has 0 aliphatic heterocycles. The van der Waals surface area contributed by atoms with E-state index in [0.29, 0.717) is 0 Å². The molecule has 0 fully saturated rings. The minimum Gasteiger partial charge on any atom is -0.340 e. The van der Waals surface area contributed by atoms with E-state index in [0.717, 1.165) is 0 Å². The summed E-state index contributed by atoms with van der Waals surface area (Å²) in [4.78, 5) is 3.39. The molecule has 0 aliphatic carbocycles. The van der Waals surface area contributed by atoms with Gasteiger partial charge in [-0.2, -0.15) is 26.3 Å². The molecule has 1 N–H and O–H groups in total. The molecule has 16 heavy (non-hydrogen) atoms. The van der Waals surface area contributed by atoms with Crippen LogP contribution >= 0.6 is 0 Å². The summed E-state index contributed by atoms with van der Waals surface area (Å²) in [5, 5.41) is 8.08. The molecule has 0 bridgehead atoms. The minimum atomic E-state index is -4.95. The second kappa shape index (κ2) is 3.85. The summed E-state index contributed by atoms with van der Waals surface area (Å²) in [5.74, 6) is -0.929. The molecule has 0 heterocycles. The molecule has 0 saturated heterocycles. The Bertz CT molecular complexity index is 349. The number of halogens is 6. The second-order valence-electron chi connectivity index (χ2n) is 2.83. The van der Waals surface area contributed by atoms with E-state index in [9.17, 15) is 26.3 Å². The topological polar surface area (TPSA) is 29.5 Å². The minimum absolute atomic E-state index is 0.0669. The first-order valence-electron chi connectivity index (χ1n) is 3.75. The van der Waals surface area contributed by atoms with Crippen LogP contribution < -0.4 is 4.89 Å². The first-order valence-corrected chi connectivity index (χ1v) is 3.75. The van der Waals surface area contributed by atoms with Crippen molar-refractivity contribution in [3.63, 3.8) is 0 Å². The summed E-state index contributed by atoms with van der Waals surface area (Å²) in [5.41, 5.74) is -3.10. The van der Waals surface area contributed by atoms with Gasteiger partial charge in [0.2, 0.25) is 0 Å². The van der Waals surface area contributed by atoms with Crippen molar-refractivity contribution in [3.8, 4) is 5.75 Å². The van der Waals surface area contributed by atoms with E-state index in [1.165, 1.54) is 0 Å². The summed E-state index contributed by atoms with van der Waals surface area (Å²) in [6, 6.07) is 0.451. The molecule has 8 heteroatoms. The van der Waals surface area contributed by atoms with Crippen LogP contribution in [0.15, 0.2) is 18.2 Å². The van der Waals surface area contributed by atoms with Gasteiger partial charge in [0.1, 0.15) is 0 Å². The van der Waals surface area contributed by atoms with Crippen LogP contribution in [0.4, 0.5) is 26.3 Å². The highest BCUT2D eigenvalue weighted by Crippen LogP contribution is 2.37. The van der Waals surface area contributed by atoms with Gasteiger partial charge in [0.25, 0.3) is 0 Å². The molecule has 0 amide bonds. The summed E-state index contributed by atoms with van der Waals surface area (Å²) in [6.45, 7) is 0. The van der Waals surface area contributed by atoms with E-state index >= 15 is 0 Å². The van der Waals surface area contributed by atoms with Gasteiger partial charge in [-0.05, 0) is 18.2 Å². The Balaban J connectivity index is 3.33. The third-order valence-corrected chi connectivity index (χ3v) is 1.67. The van der Waals surface area contributed by atoms with E-state index in [1.807, 2.05) is 0 Å². The Morgan fingerprint density at radius 3 is 1.44 bits per heavy atom. The van der Waals surface area contributed by atoms with Gasteiger partial charge in [-0.1, -0.05) is 0 Å². The second-order valence-corrected chi connectivity index (χ2v) is 2.83. The number of hydrogen-bond donors (Lipinski definition) is 1. The maximum Gasteiger partial charge on any atom is 0.416 e. The zero-order valence-corrected chi connectivity index (χ0v) is 7.36. The van der Waals surface area contributed by atoms with Crippen molar-refractivity contribution < 1.29 is 36.5 Å². The highest BCUT2D eigenvalue weighted by Gasteiger charge is 2.37. The lowest BCUT2D eigenvalue weighted by atomic mass is 10.1. The summed E-state index contributed by atoms with van der Waals surface area (Å²) in [7, 11) is 0. The summed E-state index contributed by atoms with van der Waals surface area (Å²) in [6.07, 6.45) is -9.90. The van der Waals surface area contributed by atoms with E-state index in [2.05, 4.69) is 4.89 Å². The number of alkyl halides is 6. The lowest BCUT2D eigenvalue weighted by Gasteiger charge is -2.12. The third kappa shape index (κ3) is 2.78. The molecule has 0 aromatic heterocycles. The molecule has 0 spiro atoms. The van der Waals surface area contributed by atoms with Crippen LogP contribution in [-0.4, -0.2) is 5.26 Å². The Hall–Kier alpha value is -1.44. The average Bonchev–Trinajstić information content (AvgIpc) is 2.14. The Kier molecular flexibility index (Phi) is 3.04. The summed E-state index contributed by atoms with van der Waals surface area (Å²) < 4.78 is 73.0. The fourth-order valence-corrected chi connectivity index (χ4v) is 0.979. The van der Waals surface area contributed by atoms with Gasteiger partial charge in [0.05, 0.1) is 11.1 Å². The maximum absolute atomic E-state index is 12.2. The zero-order chi connectivity index (χ0) is 12.6. The van der Waals surface area contributed by atoms with E-state index < -0.39 is 29.2 Å². The molecule has 0 atom stereocenters. The standard InChI is InChI=1S/C8H4F6O2/c9-7(10,11)4-1-5(8(12,13)14)3-6(2-4)16-15/h1-3,15H. The molecule has 0 saturated carbocycles. The van der Waals surface area contributed by atoms with Crippen molar-refractivity contribution in [2.45, 2.75) is 12.4 Å². The van der Waals surface area contributed by atoms with Crippen LogP contribution in [0.1, 0.15) is 11.1 Å². The molecule has 2 nitrogen and oxygen atoms in total. The van der Waals surface area contributed by atoms with Gasteiger partial charge in [-0.15, -0.1) is 0 Å². The van der Waals surface area contributed by atoms with Gasteiger partial charge in [-0.3, -0.25) is 0 Å². The number of hydrogen-bond acceptors (Lipinski definition) is 2. The summed E-state index contributed by atoms with van der Waals surface area (Å²) >= 11 is 0. The lowest BCUT2D eigenvalue weighted by Crippen LogP contribution is -2.11. The SMILES string of the molecule is OOc1cc(C(F)(F)F)cc(C(F)(F)F)c1. The quantitative estimate of drug-likeness (QED) is 0.466. The Labute approximate surface area is 85.0 Å². The fourth-order valence-electron chi connectivity index (χ4n) is 0.979. The van der Waals surface area contributed by atoms with Crippen molar-refractivity contribution in [2.75, 3.05) is 0 Å². The molecule has 0 radical (unpaired) electrons. The average molecular weight is 246 g/mol. The highest BCUT2D eigenvalue weighted by atomic mass is 19.4. The van der Waals surface area contributed by atoms with Crippen molar-refractivity contribution >= 4 is 0 Å². The highest BCUT2D eigenvalue weighted by molar-refractivity contribution is 5.37. The lowest BCUT2D eigenvalue weighted by molar-refractivity contribution is -0.149. The molecule has 90 valence electrons. The molecular weight excluding hydrogens is 242 g/mol. The van der Waals surface area contributed by atoms with E-state index in [4.69, 9.17) is 5.26 Å². The predicted octanol–water partition coefficient (Wildman–Crippen LogP) is 3.58. The van der Waals surface area contributed by atoms with Gasteiger partial charge >= 0.3 is 12.4 Å². The Morgan fingerprint density at radius 2 is 1.19 bits per heavy atom. The van der Waals surface area contributed by atoms with Crippen molar-refractivity contribution in [2.24, 2.45) is 0 Å². The first kappa shape index (κ1) is 12.6. The maximum atomic E-state index is 12.2. The molecule has 0 unspecified atom stereocenters. The Morgan fingerprint density at radius 1 is 0.812 bits per heavy atom. The van der Waals surface area contributed by atoms with Crippen molar-refractivity contribution in [1.82, 2.24) is 0 Å². The fraction of sp³-hybridized carbons (Fsp3) is 0.250. The van der Waals surface area contributed by atoms with Gasteiger partial charge < -0.3 is 4.89 Å². The van der Waals surface area contributed by atoms with Crippen molar-refractivity contribution in [1.29, 1.82) is 0 Å². The van der Waals surface area contributed by atoms with Crippen LogP contribution in [0.25, 0.3) is 0 Å². The number of benzene rings is 1. The van der Waals surface area contributed by atoms with E-state index in [-0.39, 0.29) is 18.2 Å². The molecule has 1 aromatic rings. The van der Waals surface area contributed by atoms with Crippen molar-refractivity contribution in [3.05, 3.63) is 29.3 Å². The zero-order valence-electron chi connectivity index (χ0n) is 7.36. The van der Waals surface area contributed by atoms with Gasteiger partial charge in [-0.25, -0.2) is 5.26 Å². The molecule has 1 rings (SSSR count). The van der Waals surface area contributed by atoms with Crippen LogP contribution in [0.3, 0.4) is 0 Å². The van der Waals surface area contributed by atoms with Crippen LogP contribution in [0.5, 0.6) is 5.75 Å². The molecular formula is C8H4F6O2. The largest absolute Gasteiger partial charge is 0.416 e. The smallest absolute Gasteiger partial charge is 0.340 e. The van der Waals surface area contributed by atoms with Crippen LogP contribution in [-0.2, 0) is 12.4 Å². The molecule has 1 aromatic carbocycles. The normalized spacial score (nSPS) is 12.7. The molecule has 0 aliphatic rings. The van der Waals surface area contributed by atoms with Gasteiger partial charge in [0.15, 0.2) is 5.75 Å². The third-order valence-electron chi connectivity index (χ3n) is 1.67.